The highest BCUT2D eigenvalue weighted by atomic mass is 16.5. The second-order valence-corrected chi connectivity index (χ2v) is 7.00. The third kappa shape index (κ3) is 3.50. The van der Waals surface area contributed by atoms with Crippen LogP contribution in [0.1, 0.15) is 37.1 Å². The number of para-hydroxylation sites is 1. The summed E-state index contributed by atoms with van der Waals surface area (Å²) in [5.74, 6) is 2.10. The van der Waals surface area contributed by atoms with Gasteiger partial charge in [0.1, 0.15) is 11.5 Å². The lowest BCUT2D eigenvalue weighted by Gasteiger charge is -2.30. The first-order chi connectivity index (χ1) is 12.2. The Morgan fingerprint density at radius 2 is 2.12 bits per heavy atom. The number of carbonyl (C=O) groups is 1. The van der Waals surface area contributed by atoms with Gasteiger partial charge in [0, 0.05) is 18.5 Å². The van der Waals surface area contributed by atoms with E-state index < -0.39 is 0 Å². The average Bonchev–Trinajstić information content (AvgIpc) is 3.31. The zero-order valence-corrected chi connectivity index (χ0v) is 14.5. The summed E-state index contributed by atoms with van der Waals surface area (Å²) in [5.41, 5.74) is 1.22. The van der Waals surface area contributed by atoms with E-state index in [4.69, 9.17) is 9.15 Å². The summed E-state index contributed by atoms with van der Waals surface area (Å²) in [6.07, 6.45) is 4.73. The molecule has 132 valence electrons. The summed E-state index contributed by atoms with van der Waals surface area (Å²) in [6, 6.07) is 12.2. The van der Waals surface area contributed by atoms with Gasteiger partial charge >= 0.3 is 6.03 Å². The summed E-state index contributed by atoms with van der Waals surface area (Å²) in [6.45, 7) is 3.30. The minimum Gasteiger partial charge on any atom is -0.493 e. The number of amides is 2. The number of ether oxygens (including phenoxy) is 1. The van der Waals surface area contributed by atoms with Crippen molar-refractivity contribution in [2.24, 2.45) is 5.92 Å². The maximum Gasteiger partial charge on any atom is 0.318 e. The fourth-order valence-corrected chi connectivity index (χ4v) is 3.52. The quantitative estimate of drug-likeness (QED) is 0.901. The number of hydrogen-bond acceptors (Lipinski definition) is 3. The van der Waals surface area contributed by atoms with E-state index in [0.29, 0.717) is 25.1 Å². The Hall–Kier alpha value is -2.43. The maximum absolute atomic E-state index is 12.8. The van der Waals surface area contributed by atoms with Crippen molar-refractivity contribution in [3.8, 4) is 5.75 Å². The molecule has 1 aliphatic heterocycles. The maximum atomic E-state index is 12.8. The molecule has 2 aromatic rings. The highest BCUT2D eigenvalue weighted by Crippen LogP contribution is 2.34. The largest absolute Gasteiger partial charge is 0.493 e. The van der Waals surface area contributed by atoms with Gasteiger partial charge in [-0.05, 0) is 49.9 Å². The van der Waals surface area contributed by atoms with Crippen molar-refractivity contribution in [1.82, 2.24) is 10.2 Å². The lowest BCUT2D eigenvalue weighted by atomic mass is 9.97. The Morgan fingerprint density at radius 3 is 2.88 bits per heavy atom. The van der Waals surface area contributed by atoms with Crippen LogP contribution in [0, 0.1) is 5.92 Å². The molecular formula is C20H24N2O3. The Morgan fingerprint density at radius 1 is 1.28 bits per heavy atom. The number of nitrogens with one attached hydrogen (secondary N) is 1. The zero-order valence-electron chi connectivity index (χ0n) is 14.5. The summed E-state index contributed by atoms with van der Waals surface area (Å²) in [5, 5.41) is 3.11. The molecule has 1 fully saturated rings. The molecule has 0 unspecified atom stereocenters. The molecule has 1 N–H and O–H groups in total. The first kappa shape index (κ1) is 16.1. The summed E-state index contributed by atoms with van der Waals surface area (Å²) < 4.78 is 11.3. The molecule has 0 spiro atoms. The van der Waals surface area contributed by atoms with E-state index in [1.165, 1.54) is 5.56 Å². The minimum absolute atomic E-state index is 0.00902. The molecule has 5 heteroatoms. The lowest BCUT2D eigenvalue weighted by Crippen LogP contribution is -2.45. The minimum atomic E-state index is -0.0502. The van der Waals surface area contributed by atoms with Gasteiger partial charge in [-0.25, -0.2) is 4.79 Å². The molecule has 0 bridgehead atoms. The number of rotatable bonds is 5. The second kappa shape index (κ2) is 6.82. The highest BCUT2D eigenvalue weighted by Gasteiger charge is 2.37. The van der Waals surface area contributed by atoms with E-state index in [1.54, 1.807) is 6.26 Å². The van der Waals surface area contributed by atoms with Gasteiger partial charge in [0.15, 0.2) is 0 Å². The normalized spacial score (nSPS) is 20.3. The smallest absolute Gasteiger partial charge is 0.318 e. The van der Waals surface area contributed by atoms with Crippen LogP contribution in [-0.2, 0) is 6.42 Å². The topological polar surface area (TPSA) is 54.7 Å². The fourth-order valence-electron chi connectivity index (χ4n) is 3.52. The molecule has 1 aromatic heterocycles. The molecule has 25 heavy (non-hydrogen) atoms. The van der Waals surface area contributed by atoms with E-state index in [0.717, 1.165) is 30.8 Å². The van der Waals surface area contributed by atoms with E-state index in [-0.39, 0.29) is 12.1 Å². The molecule has 2 aliphatic rings. The number of hydrogen-bond donors (Lipinski definition) is 1. The molecule has 2 atom stereocenters. The Bertz CT molecular complexity index is 724. The van der Waals surface area contributed by atoms with Crippen molar-refractivity contribution < 1.29 is 13.9 Å². The average molecular weight is 340 g/mol. The van der Waals surface area contributed by atoms with Gasteiger partial charge in [0.2, 0.25) is 0 Å². The molecular weight excluding hydrogens is 316 g/mol. The molecule has 0 radical (unpaired) electrons. The second-order valence-electron chi connectivity index (χ2n) is 7.00. The van der Waals surface area contributed by atoms with Crippen LogP contribution in [0.5, 0.6) is 5.75 Å². The van der Waals surface area contributed by atoms with Gasteiger partial charge in [0.05, 0.1) is 18.9 Å². The number of furan rings is 1. The molecule has 2 amide bonds. The number of urea groups is 1. The molecule has 1 aliphatic carbocycles. The van der Waals surface area contributed by atoms with Crippen molar-refractivity contribution in [3.05, 3.63) is 54.0 Å². The van der Waals surface area contributed by atoms with Crippen molar-refractivity contribution in [3.63, 3.8) is 0 Å². The van der Waals surface area contributed by atoms with E-state index in [9.17, 15) is 4.79 Å². The van der Waals surface area contributed by atoms with Crippen LogP contribution >= 0.6 is 0 Å². The van der Waals surface area contributed by atoms with Crippen molar-refractivity contribution >= 4 is 6.03 Å². The predicted octanol–water partition coefficient (Wildman–Crippen LogP) is 3.77. The van der Waals surface area contributed by atoms with Crippen molar-refractivity contribution in [2.45, 2.75) is 38.3 Å². The third-order valence-corrected chi connectivity index (χ3v) is 5.04. The monoisotopic (exact) mass is 340 g/mol. The van der Waals surface area contributed by atoms with Crippen molar-refractivity contribution in [1.29, 1.82) is 0 Å². The van der Waals surface area contributed by atoms with Crippen LogP contribution in [0.15, 0.2) is 47.1 Å². The number of carbonyl (C=O) groups excluding carboxylic acids is 1. The van der Waals surface area contributed by atoms with Crippen LogP contribution in [0.2, 0.25) is 0 Å². The molecule has 0 saturated heterocycles. The number of fused-ring (bicyclic) bond motifs is 1. The molecule has 1 aromatic carbocycles. The summed E-state index contributed by atoms with van der Waals surface area (Å²) in [4.78, 5) is 14.7. The molecule has 4 rings (SSSR count). The van der Waals surface area contributed by atoms with Gasteiger partial charge in [-0.2, -0.15) is 0 Å². The van der Waals surface area contributed by atoms with Gasteiger partial charge < -0.3 is 19.4 Å². The van der Waals surface area contributed by atoms with Crippen LogP contribution in [0.25, 0.3) is 0 Å². The first-order valence-corrected chi connectivity index (χ1v) is 9.02. The van der Waals surface area contributed by atoms with Crippen LogP contribution in [-0.4, -0.2) is 30.1 Å². The molecule has 5 nitrogen and oxygen atoms in total. The van der Waals surface area contributed by atoms with Crippen LogP contribution < -0.4 is 10.1 Å². The third-order valence-electron chi connectivity index (χ3n) is 5.04. The van der Waals surface area contributed by atoms with Crippen LogP contribution in [0.3, 0.4) is 0 Å². The lowest BCUT2D eigenvalue weighted by molar-refractivity contribution is 0.160. The van der Waals surface area contributed by atoms with E-state index >= 15 is 0 Å². The van der Waals surface area contributed by atoms with Gasteiger partial charge in [-0.1, -0.05) is 18.2 Å². The Balaban J connectivity index is 1.36. The van der Waals surface area contributed by atoms with Crippen molar-refractivity contribution in [2.75, 3.05) is 13.2 Å². The number of benzene rings is 1. The van der Waals surface area contributed by atoms with Gasteiger partial charge in [0.25, 0.3) is 0 Å². The Kier molecular flexibility index (Phi) is 4.38. The SMILES string of the molecule is C[C@H](c1ccco1)N(C(=O)NC[C@@H]1COc2ccccc2C1)C1CC1. The van der Waals surface area contributed by atoms with Gasteiger partial charge in [-0.15, -0.1) is 0 Å². The summed E-state index contributed by atoms with van der Waals surface area (Å²) in [7, 11) is 0. The predicted molar refractivity (Wildman–Crippen MR) is 94.5 cm³/mol. The number of nitrogens with zero attached hydrogens (tertiary/aromatic N) is 1. The van der Waals surface area contributed by atoms with E-state index in [2.05, 4.69) is 11.4 Å². The summed E-state index contributed by atoms with van der Waals surface area (Å²) >= 11 is 0. The molecule has 2 heterocycles. The van der Waals surface area contributed by atoms with E-state index in [1.807, 2.05) is 42.2 Å². The van der Waals surface area contributed by atoms with Crippen LogP contribution in [0.4, 0.5) is 4.79 Å². The fraction of sp³-hybridized carbons (Fsp3) is 0.450. The first-order valence-electron chi connectivity index (χ1n) is 9.02. The zero-order chi connectivity index (χ0) is 17.2. The van der Waals surface area contributed by atoms with Gasteiger partial charge in [-0.3, -0.25) is 0 Å². The highest BCUT2D eigenvalue weighted by molar-refractivity contribution is 5.75. The molecule has 1 saturated carbocycles. The Labute approximate surface area is 148 Å². The standard InChI is InChI=1S/C20H24N2O3/c1-14(18-7-4-10-24-18)22(17-8-9-17)20(23)21-12-15-11-16-5-2-3-6-19(16)25-13-15/h2-7,10,14-15,17H,8-9,11-13H2,1H3,(H,21,23)/t14-,15-/m1/s1.